The van der Waals surface area contributed by atoms with Gasteiger partial charge in [-0.05, 0) is 18.2 Å². The topological polar surface area (TPSA) is 66.8 Å². The van der Waals surface area contributed by atoms with Crippen molar-refractivity contribution >= 4 is 35.2 Å². The van der Waals surface area contributed by atoms with Gasteiger partial charge in [0, 0.05) is 10.8 Å². The first-order valence-corrected chi connectivity index (χ1v) is 7.09. The van der Waals surface area contributed by atoms with Crippen LogP contribution in [0.3, 0.4) is 0 Å². The van der Waals surface area contributed by atoms with Crippen molar-refractivity contribution in [3.8, 4) is 5.75 Å². The maximum Gasteiger partial charge on any atom is 0.327 e. The van der Waals surface area contributed by atoms with E-state index in [9.17, 15) is 9.59 Å². The molecule has 102 valence electrons. The van der Waals surface area contributed by atoms with Gasteiger partial charge in [0.15, 0.2) is 6.61 Å². The van der Waals surface area contributed by atoms with E-state index in [1.54, 1.807) is 24.3 Å². The SMILES string of the molecule is O=C(O)C1CSCN1C(=O)COc1cccc(Cl)c1. The van der Waals surface area contributed by atoms with Crippen molar-refractivity contribution in [3.63, 3.8) is 0 Å². The van der Waals surface area contributed by atoms with E-state index in [1.807, 2.05) is 0 Å². The summed E-state index contributed by atoms with van der Waals surface area (Å²) in [6.45, 7) is -0.190. The largest absolute Gasteiger partial charge is 0.484 e. The van der Waals surface area contributed by atoms with Crippen LogP contribution in [-0.4, -0.2) is 46.2 Å². The molecule has 1 aromatic rings. The molecule has 0 aromatic heterocycles. The first-order chi connectivity index (χ1) is 9.08. The first-order valence-electron chi connectivity index (χ1n) is 5.56. The molecule has 1 aromatic carbocycles. The molecular formula is C12H12ClNO4S. The molecule has 1 heterocycles. The fourth-order valence-electron chi connectivity index (χ4n) is 1.68. The zero-order valence-electron chi connectivity index (χ0n) is 9.91. The number of amides is 1. The molecule has 1 atom stereocenters. The highest BCUT2D eigenvalue weighted by atomic mass is 35.5. The zero-order chi connectivity index (χ0) is 13.8. The van der Waals surface area contributed by atoms with Crippen LogP contribution in [0, 0.1) is 0 Å². The summed E-state index contributed by atoms with van der Waals surface area (Å²) in [4.78, 5) is 24.2. The van der Waals surface area contributed by atoms with Gasteiger partial charge in [-0.2, -0.15) is 0 Å². The number of halogens is 1. The van der Waals surface area contributed by atoms with Crippen molar-refractivity contribution in [1.29, 1.82) is 0 Å². The molecule has 2 rings (SSSR count). The summed E-state index contributed by atoms with van der Waals surface area (Å²) in [7, 11) is 0. The van der Waals surface area contributed by atoms with Crippen LogP contribution in [0.15, 0.2) is 24.3 Å². The number of nitrogens with zero attached hydrogens (tertiary/aromatic N) is 1. The fraction of sp³-hybridized carbons (Fsp3) is 0.333. The lowest BCUT2D eigenvalue weighted by Gasteiger charge is -2.20. The van der Waals surface area contributed by atoms with Crippen LogP contribution in [0.2, 0.25) is 5.02 Å². The predicted octanol–water partition coefficient (Wildman–Crippen LogP) is 1.70. The Morgan fingerprint density at radius 1 is 1.53 bits per heavy atom. The summed E-state index contributed by atoms with van der Waals surface area (Å²) in [5, 5.41) is 9.51. The van der Waals surface area contributed by atoms with Gasteiger partial charge in [0.25, 0.3) is 5.91 Å². The Labute approximate surface area is 119 Å². The van der Waals surface area contributed by atoms with Gasteiger partial charge in [0.2, 0.25) is 0 Å². The van der Waals surface area contributed by atoms with Gasteiger partial charge in [-0.15, -0.1) is 11.8 Å². The summed E-state index contributed by atoms with van der Waals surface area (Å²) in [6, 6.07) is 5.94. The van der Waals surface area contributed by atoms with Crippen LogP contribution in [0.5, 0.6) is 5.75 Å². The quantitative estimate of drug-likeness (QED) is 0.917. The number of thioether (sulfide) groups is 1. The number of carboxylic acids is 1. The second-order valence-electron chi connectivity index (χ2n) is 3.96. The highest BCUT2D eigenvalue weighted by molar-refractivity contribution is 7.99. The molecular weight excluding hydrogens is 290 g/mol. The van der Waals surface area contributed by atoms with Crippen LogP contribution in [-0.2, 0) is 9.59 Å². The summed E-state index contributed by atoms with van der Waals surface area (Å²) in [6.07, 6.45) is 0. The second kappa shape index (κ2) is 6.16. The minimum absolute atomic E-state index is 0.190. The van der Waals surface area contributed by atoms with Crippen LogP contribution in [0.1, 0.15) is 0 Å². The van der Waals surface area contributed by atoms with E-state index in [0.29, 0.717) is 22.4 Å². The standard InChI is InChI=1S/C12H12ClNO4S/c13-8-2-1-3-9(4-8)18-5-11(15)14-7-19-6-10(14)12(16)17/h1-4,10H,5-7H2,(H,16,17). The van der Waals surface area contributed by atoms with Crippen molar-refractivity contribution in [3.05, 3.63) is 29.3 Å². The first kappa shape index (κ1) is 14.0. The molecule has 1 aliphatic rings. The Kier molecular flexibility index (Phi) is 4.55. The Balaban J connectivity index is 1.92. The van der Waals surface area contributed by atoms with Gasteiger partial charge in [0.05, 0.1) is 5.88 Å². The lowest BCUT2D eigenvalue weighted by Crippen LogP contribution is -2.43. The number of carboxylic acid groups (broad SMARTS) is 1. The lowest BCUT2D eigenvalue weighted by molar-refractivity contribution is -0.148. The molecule has 1 fully saturated rings. The van der Waals surface area contributed by atoms with E-state index in [4.69, 9.17) is 21.4 Å². The summed E-state index contributed by atoms with van der Waals surface area (Å²) < 4.78 is 5.31. The average Bonchev–Trinajstić information content (AvgIpc) is 2.85. The van der Waals surface area contributed by atoms with Crippen molar-refractivity contribution in [2.75, 3.05) is 18.2 Å². The number of hydrogen-bond acceptors (Lipinski definition) is 4. The molecule has 1 amide bonds. The molecule has 0 radical (unpaired) electrons. The molecule has 0 aliphatic carbocycles. The van der Waals surface area contributed by atoms with E-state index < -0.39 is 12.0 Å². The molecule has 19 heavy (non-hydrogen) atoms. The third-order valence-corrected chi connectivity index (χ3v) is 3.89. The van der Waals surface area contributed by atoms with E-state index in [0.717, 1.165) is 0 Å². The Morgan fingerprint density at radius 3 is 3.00 bits per heavy atom. The molecule has 0 bridgehead atoms. The van der Waals surface area contributed by atoms with E-state index in [2.05, 4.69) is 0 Å². The van der Waals surface area contributed by atoms with Gasteiger partial charge in [-0.1, -0.05) is 17.7 Å². The maximum atomic E-state index is 11.9. The van der Waals surface area contributed by atoms with Crippen molar-refractivity contribution in [1.82, 2.24) is 4.90 Å². The molecule has 1 saturated heterocycles. The zero-order valence-corrected chi connectivity index (χ0v) is 11.5. The second-order valence-corrected chi connectivity index (χ2v) is 5.40. The number of ether oxygens (including phenoxy) is 1. The number of carbonyl (C=O) groups excluding carboxylic acids is 1. The van der Waals surface area contributed by atoms with Gasteiger partial charge in [0.1, 0.15) is 11.8 Å². The maximum absolute atomic E-state index is 11.9. The highest BCUT2D eigenvalue weighted by Crippen LogP contribution is 2.22. The fourth-order valence-corrected chi connectivity index (χ4v) is 3.03. The number of hydrogen-bond donors (Lipinski definition) is 1. The normalized spacial score (nSPS) is 18.4. The number of carbonyl (C=O) groups is 2. The van der Waals surface area contributed by atoms with Crippen molar-refractivity contribution in [2.45, 2.75) is 6.04 Å². The Bertz CT molecular complexity index is 496. The van der Waals surface area contributed by atoms with Gasteiger partial charge >= 0.3 is 5.97 Å². The van der Waals surface area contributed by atoms with Gasteiger partial charge in [-0.25, -0.2) is 4.79 Å². The minimum atomic E-state index is -0.985. The van der Waals surface area contributed by atoms with Crippen LogP contribution in [0.4, 0.5) is 0 Å². The number of rotatable bonds is 4. The molecule has 7 heteroatoms. The lowest BCUT2D eigenvalue weighted by atomic mass is 10.3. The van der Waals surface area contributed by atoms with Crippen molar-refractivity contribution in [2.24, 2.45) is 0 Å². The predicted molar refractivity (Wildman–Crippen MR) is 72.5 cm³/mol. The molecule has 1 N–H and O–H groups in total. The van der Waals surface area contributed by atoms with E-state index >= 15 is 0 Å². The average molecular weight is 302 g/mol. The third-order valence-electron chi connectivity index (χ3n) is 2.65. The Hall–Kier alpha value is -1.40. The number of aliphatic carboxylic acids is 1. The van der Waals surface area contributed by atoms with Crippen molar-refractivity contribution < 1.29 is 19.4 Å². The molecule has 5 nitrogen and oxygen atoms in total. The smallest absolute Gasteiger partial charge is 0.327 e. The minimum Gasteiger partial charge on any atom is -0.484 e. The van der Waals surface area contributed by atoms with Crippen LogP contribution >= 0.6 is 23.4 Å². The molecule has 1 aliphatic heterocycles. The number of benzene rings is 1. The summed E-state index contributed by atoms with van der Waals surface area (Å²) in [5.41, 5.74) is 0. The van der Waals surface area contributed by atoms with Crippen LogP contribution in [0.25, 0.3) is 0 Å². The third kappa shape index (κ3) is 3.54. The molecule has 0 spiro atoms. The van der Waals surface area contributed by atoms with E-state index in [-0.39, 0.29) is 12.5 Å². The summed E-state index contributed by atoms with van der Waals surface area (Å²) >= 11 is 7.21. The molecule has 1 unspecified atom stereocenters. The van der Waals surface area contributed by atoms with Gasteiger partial charge < -0.3 is 14.7 Å². The Morgan fingerprint density at radius 2 is 2.32 bits per heavy atom. The van der Waals surface area contributed by atoms with E-state index in [1.165, 1.54) is 16.7 Å². The summed E-state index contributed by atoms with van der Waals surface area (Å²) in [5.74, 6) is -0.0366. The van der Waals surface area contributed by atoms with Gasteiger partial charge in [-0.3, -0.25) is 4.79 Å². The molecule has 0 saturated carbocycles. The highest BCUT2D eigenvalue weighted by Gasteiger charge is 2.34. The monoisotopic (exact) mass is 301 g/mol. The van der Waals surface area contributed by atoms with Crippen LogP contribution < -0.4 is 4.74 Å².